The van der Waals surface area contributed by atoms with Gasteiger partial charge in [-0.2, -0.15) is 0 Å². The number of ether oxygens (including phenoxy) is 1. The lowest BCUT2D eigenvalue weighted by atomic mass is 10.1. The zero-order valence-corrected chi connectivity index (χ0v) is 11.2. The predicted molar refractivity (Wildman–Crippen MR) is 72.8 cm³/mol. The van der Waals surface area contributed by atoms with Gasteiger partial charge < -0.3 is 15.2 Å². The summed E-state index contributed by atoms with van der Waals surface area (Å²) in [4.78, 5) is 0. The van der Waals surface area contributed by atoms with E-state index in [4.69, 9.17) is 4.74 Å². The van der Waals surface area contributed by atoms with Gasteiger partial charge in [0, 0.05) is 0 Å². The minimum absolute atomic E-state index is 0.0405. The summed E-state index contributed by atoms with van der Waals surface area (Å²) in [6.45, 7) is 5.18. The number of nitrogens with one attached hydrogen (secondary N) is 1. The molecule has 1 atom stereocenters. The average Bonchev–Trinajstić information content (AvgIpc) is 3.15. The lowest BCUT2D eigenvalue weighted by Gasteiger charge is -2.17. The van der Waals surface area contributed by atoms with Gasteiger partial charge in [0.1, 0.15) is 5.75 Å². The molecule has 0 heterocycles. The molecule has 1 fully saturated rings. The smallest absolute Gasteiger partial charge is 0.119 e. The van der Waals surface area contributed by atoms with E-state index in [0.717, 1.165) is 23.8 Å². The first-order valence-electron chi connectivity index (χ1n) is 6.80. The van der Waals surface area contributed by atoms with Gasteiger partial charge in [-0.1, -0.05) is 12.1 Å². The summed E-state index contributed by atoms with van der Waals surface area (Å²) >= 11 is 0. The normalized spacial score (nSPS) is 16.9. The van der Waals surface area contributed by atoms with Gasteiger partial charge >= 0.3 is 0 Å². The van der Waals surface area contributed by atoms with Crippen LogP contribution in [0.5, 0.6) is 5.75 Å². The zero-order chi connectivity index (χ0) is 13.0. The van der Waals surface area contributed by atoms with Gasteiger partial charge in [-0.15, -0.1) is 0 Å². The standard InChI is InChI=1S/C15H23NO2/c1-11(2)18-14-7-5-13(6-8-14)15(10-17)16-9-12-3-4-12/h5-8,11-12,15-17H,3-4,9-10H2,1-2H3. The van der Waals surface area contributed by atoms with Crippen LogP contribution < -0.4 is 10.1 Å². The fourth-order valence-corrected chi connectivity index (χ4v) is 1.97. The number of aliphatic hydroxyl groups excluding tert-OH is 1. The Morgan fingerprint density at radius 2 is 1.94 bits per heavy atom. The molecule has 2 rings (SSSR count). The predicted octanol–water partition coefficient (Wildman–Crippen LogP) is 2.51. The van der Waals surface area contributed by atoms with E-state index in [1.54, 1.807) is 0 Å². The molecule has 1 aromatic rings. The minimum atomic E-state index is 0.0405. The molecule has 0 bridgehead atoms. The highest BCUT2D eigenvalue weighted by Crippen LogP contribution is 2.28. The molecule has 0 radical (unpaired) electrons. The van der Waals surface area contributed by atoms with E-state index in [0.29, 0.717) is 0 Å². The highest BCUT2D eigenvalue weighted by Gasteiger charge is 2.22. The molecule has 100 valence electrons. The lowest BCUT2D eigenvalue weighted by molar-refractivity contribution is 0.239. The molecule has 0 aliphatic heterocycles. The molecule has 1 unspecified atom stereocenters. The van der Waals surface area contributed by atoms with Crippen LogP contribution in [0.3, 0.4) is 0 Å². The summed E-state index contributed by atoms with van der Waals surface area (Å²) < 4.78 is 5.61. The summed E-state index contributed by atoms with van der Waals surface area (Å²) in [6.07, 6.45) is 2.84. The molecule has 0 aromatic heterocycles. The average molecular weight is 249 g/mol. The third-order valence-corrected chi connectivity index (χ3v) is 3.19. The Hall–Kier alpha value is -1.06. The van der Waals surface area contributed by atoms with Crippen molar-refractivity contribution < 1.29 is 9.84 Å². The van der Waals surface area contributed by atoms with Crippen LogP contribution in [0, 0.1) is 5.92 Å². The van der Waals surface area contributed by atoms with Crippen molar-refractivity contribution in [3.8, 4) is 5.75 Å². The van der Waals surface area contributed by atoms with Crippen molar-refractivity contribution in [1.82, 2.24) is 5.32 Å². The van der Waals surface area contributed by atoms with Crippen LogP contribution in [0.2, 0.25) is 0 Å². The van der Waals surface area contributed by atoms with Crippen molar-refractivity contribution in [2.45, 2.75) is 38.8 Å². The van der Waals surface area contributed by atoms with E-state index in [9.17, 15) is 5.11 Å². The number of hydrogen-bond donors (Lipinski definition) is 2. The maximum absolute atomic E-state index is 9.43. The van der Waals surface area contributed by atoms with Crippen molar-refractivity contribution in [2.24, 2.45) is 5.92 Å². The zero-order valence-electron chi connectivity index (χ0n) is 11.2. The van der Waals surface area contributed by atoms with Crippen LogP contribution in [-0.4, -0.2) is 24.4 Å². The molecule has 3 nitrogen and oxygen atoms in total. The van der Waals surface area contributed by atoms with Crippen LogP contribution in [-0.2, 0) is 0 Å². The van der Waals surface area contributed by atoms with E-state index >= 15 is 0 Å². The Balaban J connectivity index is 1.92. The van der Waals surface area contributed by atoms with E-state index in [1.807, 2.05) is 38.1 Å². The first-order chi connectivity index (χ1) is 8.69. The number of aliphatic hydroxyl groups is 1. The fourth-order valence-electron chi connectivity index (χ4n) is 1.97. The topological polar surface area (TPSA) is 41.5 Å². The Labute approximate surface area is 109 Å². The van der Waals surface area contributed by atoms with Gasteiger partial charge in [-0.05, 0) is 56.8 Å². The number of rotatable bonds is 7. The third kappa shape index (κ3) is 4.00. The van der Waals surface area contributed by atoms with Gasteiger partial charge in [0.25, 0.3) is 0 Å². The van der Waals surface area contributed by atoms with Crippen molar-refractivity contribution in [3.63, 3.8) is 0 Å². The second-order valence-corrected chi connectivity index (χ2v) is 5.32. The molecular formula is C15H23NO2. The highest BCUT2D eigenvalue weighted by atomic mass is 16.5. The molecule has 3 heteroatoms. The van der Waals surface area contributed by atoms with E-state index < -0.39 is 0 Å². The molecule has 0 amide bonds. The van der Waals surface area contributed by atoms with Gasteiger partial charge in [0.2, 0.25) is 0 Å². The summed E-state index contributed by atoms with van der Waals surface area (Å²) in [5.41, 5.74) is 1.12. The molecule has 1 aliphatic rings. The molecule has 1 saturated carbocycles. The summed E-state index contributed by atoms with van der Waals surface area (Å²) in [6, 6.07) is 8.03. The van der Waals surface area contributed by atoms with Crippen molar-refractivity contribution >= 4 is 0 Å². The summed E-state index contributed by atoms with van der Waals surface area (Å²) in [5.74, 6) is 1.70. The Morgan fingerprint density at radius 1 is 1.28 bits per heavy atom. The van der Waals surface area contributed by atoms with Gasteiger partial charge in [-0.3, -0.25) is 0 Å². The van der Waals surface area contributed by atoms with Gasteiger partial charge in [-0.25, -0.2) is 0 Å². The maximum atomic E-state index is 9.43. The fraction of sp³-hybridized carbons (Fsp3) is 0.600. The van der Waals surface area contributed by atoms with Crippen molar-refractivity contribution in [3.05, 3.63) is 29.8 Å². The molecule has 1 aromatic carbocycles. The van der Waals surface area contributed by atoms with Crippen LogP contribution in [0.4, 0.5) is 0 Å². The first-order valence-corrected chi connectivity index (χ1v) is 6.80. The van der Waals surface area contributed by atoms with E-state index in [1.165, 1.54) is 12.8 Å². The van der Waals surface area contributed by atoms with Crippen LogP contribution >= 0.6 is 0 Å². The maximum Gasteiger partial charge on any atom is 0.119 e. The lowest BCUT2D eigenvalue weighted by Crippen LogP contribution is -2.26. The molecule has 0 saturated heterocycles. The largest absolute Gasteiger partial charge is 0.491 e. The minimum Gasteiger partial charge on any atom is -0.491 e. The molecule has 0 spiro atoms. The summed E-state index contributed by atoms with van der Waals surface area (Å²) in [7, 11) is 0. The Kier molecular flexibility index (Phi) is 4.61. The van der Waals surface area contributed by atoms with Crippen molar-refractivity contribution in [2.75, 3.05) is 13.2 Å². The van der Waals surface area contributed by atoms with Gasteiger partial charge in [0.05, 0.1) is 18.8 Å². The molecule has 2 N–H and O–H groups in total. The highest BCUT2D eigenvalue weighted by molar-refractivity contribution is 5.29. The second-order valence-electron chi connectivity index (χ2n) is 5.32. The molecule has 1 aliphatic carbocycles. The monoisotopic (exact) mass is 249 g/mol. The van der Waals surface area contributed by atoms with Gasteiger partial charge in [0.15, 0.2) is 0 Å². The molecular weight excluding hydrogens is 226 g/mol. The van der Waals surface area contributed by atoms with Crippen LogP contribution in [0.25, 0.3) is 0 Å². The number of benzene rings is 1. The second kappa shape index (κ2) is 6.21. The van der Waals surface area contributed by atoms with E-state index in [2.05, 4.69) is 5.32 Å². The Bertz CT molecular complexity index is 357. The molecule has 18 heavy (non-hydrogen) atoms. The Morgan fingerprint density at radius 3 is 2.44 bits per heavy atom. The summed E-state index contributed by atoms with van der Waals surface area (Å²) in [5, 5.41) is 12.9. The van der Waals surface area contributed by atoms with E-state index in [-0.39, 0.29) is 18.8 Å². The third-order valence-electron chi connectivity index (χ3n) is 3.19. The van der Waals surface area contributed by atoms with Crippen molar-refractivity contribution in [1.29, 1.82) is 0 Å². The SMILES string of the molecule is CC(C)Oc1ccc(C(CO)NCC2CC2)cc1. The van der Waals surface area contributed by atoms with Crippen LogP contribution in [0.1, 0.15) is 38.3 Å². The quantitative estimate of drug-likeness (QED) is 0.780. The first kappa shape index (κ1) is 13.4. The van der Waals surface area contributed by atoms with Crippen LogP contribution in [0.15, 0.2) is 24.3 Å². The number of hydrogen-bond acceptors (Lipinski definition) is 3.